The van der Waals surface area contributed by atoms with E-state index in [0.29, 0.717) is 49.2 Å². The maximum Gasteiger partial charge on any atom is 0.293 e. The van der Waals surface area contributed by atoms with E-state index < -0.39 is 11.1 Å². The number of furan rings is 1. The number of hydrogen-bond donors (Lipinski definition) is 0. The minimum Gasteiger partial charge on any atom is -0.457 e. The first-order chi connectivity index (χ1) is 15.4. The van der Waals surface area contributed by atoms with E-state index in [0.717, 1.165) is 16.7 Å². The van der Waals surface area contributed by atoms with Crippen molar-refractivity contribution in [3.05, 3.63) is 73.8 Å². The van der Waals surface area contributed by atoms with Gasteiger partial charge >= 0.3 is 0 Å². The van der Waals surface area contributed by atoms with Crippen LogP contribution >= 0.6 is 46.6 Å². The Morgan fingerprint density at radius 3 is 2.59 bits per heavy atom. The van der Waals surface area contributed by atoms with Crippen LogP contribution in [0.5, 0.6) is 11.5 Å². The maximum absolute atomic E-state index is 12.9. The number of halogens is 3. The third-order valence-corrected chi connectivity index (χ3v) is 6.94. The Labute approximate surface area is 201 Å². The summed E-state index contributed by atoms with van der Waals surface area (Å²) in [5, 5.41) is 0.757. The van der Waals surface area contributed by atoms with Gasteiger partial charge in [0.1, 0.15) is 11.5 Å². The second-order valence-electron chi connectivity index (χ2n) is 6.87. The fourth-order valence-electron chi connectivity index (χ4n) is 3.29. The molecule has 0 unspecified atom stereocenters. The van der Waals surface area contributed by atoms with Gasteiger partial charge in [0, 0.05) is 22.7 Å². The Kier molecular flexibility index (Phi) is 5.59. The summed E-state index contributed by atoms with van der Waals surface area (Å²) in [4.78, 5) is 26.8. The average Bonchev–Trinajstić information content (AvgIpc) is 3.47. The highest BCUT2D eigenvalue weighted by molar-refractivity contribution is 8.18. The van der Waals surface area contributed by atoms with Crippen LogP contribution in [-0.4, -0.2) is 22.8 Å². The average molecular weight is 509 g/mol. The third kappa shape index (κ3) is 3.86. The molecule has 1 fully saturated rings. The monoisotopic (exact) mass is 507 g/mol. The van der Waals surface area contributed by atoms with Crippen LogP contribution in [0.15, 0.2) is 51.8 Å². The van der Waals surface area contributed by atoms with E-state index in [-0.39, 0.29) is 18.2 Å². The number of rotatable bonds is 4. The van der Waals surface area contributed by atoms with E-state index in [2.05, 4.69) is 0 Å². The smallest absolute Gasteiger partial charge is 0.293 e. The summed E-state index contributed by atoms with van der Waals surface area (Å²) < 4.78 is 16.4. The van der Waals surface area contributed by atoms with Crippen LogP contribution in [-0.2, 0) is 11.3 Å². The predicted molar refractivity (Wildman–Crippen MR) is 123 cm³/mol. The van der Waals surface area contributed by atoms with Crippen molar-refractivity contribution < 1.29 is 23.5 Å². The van der Waals surface area contributed by atoms with Crippen LogP contribution < -0.4 is 9.47 Å². The Bertz CT molecular complexity index is 1300. The summed E-state index contributed by atoms with van der Waals surface area (Å²) in [5.41, 5.74) is 1.21. The second kappa shape index (κ2) is 8.41. The Balaban J connectivity index is 1.38. The molecule has 32 heavy (non-hydrogen) atoms. The molecule has 2 aliphatic rings. The molecule has 2 amide bonds. The molecule has 0 N–H and O–H groups in total. The van der Waals surface area contributed by atoms with Gasteiger partial charge in [0.15, 0.2) is 11.5 Å². The fraction of sp³-hybridized carbons (Fsp3) is 0.0909. The molecular formula is C22H12Cl3NO5S. The van der Waals surface area contributed by atoms with E-state index in [1.165, 1.54) is 6.08 Å². The van der Waals surface area contributed by atoms with Crippen LogP contribution in [0, 0.1) is 0 Å². The van der Waals surface area contributed by atoms with Gasteiger partial charge in [-0.2, -0.15) is 0 Å². The summed E-state index contributed by atoms with van der Waals surface area (Å²) in [5.74, 6) is 1.51. The number of carbonyl (C=O) groups is 2. The molecule has 3 heterocycles. The molecular weight excluding hydrogens is 497 g/mol. The number of thioether (sulfide) groups is 1. The number of nitrogens with zero attached hydrogens (tertiary/aromatic N) is 1. The molecule has 0 bridgehead atoms. The zero-order chi connectivity index (χ0) is 22.4. The summed E-state index contributed by atoms with van der Waals surface area (Å²) in [6.45, 7) is 0.115. The molecule has 0 atom stereocenters. The molecule has 6 nitrogen and oxygen atoms in total. The molecule has 0 spiro atoms. The summed E-state index contributed by atoms with van der Waals surface area (Å²) >= 11 is 19.4. The molecule has 0 saturated carbocycles. The first-order valence-corrected chi connectivity index (χ1v) is 11.2. The lowest BCUT2D eigenvalue weighted by Gasteiger charge is -2.14. The van der Waals surface area contributed by atoms with Gasteiger partial charge < -0.3 is 13.9 Å². The number of carbonyl (C=O) groups excluding carboxylic acids is 2. The maximum atomic E-state index is 12.9. The molecule has 0 aliphatic carbocycles. The molecule has 1 aromatic heterocycles. The lowest BCUT2D eigenvalue weighted by Crippen LogP contribution is -2.27. The van der Waals surface area contributed by atoms with Crippen molar-refractivity contribution in [2.75, 3.05) is 6.79 Å². The molecule has 2 aliphatic heterocycles. The first kappa shape index (κ1) is 21.3. The van der Waals surface area contributed by atoms with Crippen LogP contribution in [0.4, 0.5) is 4.79 Å². The van der Waals surface area contributed by atoms with Gasteiger partial charge in [0.05, 0.1) is 21.5 Å². The standard InChI is InChI=1S/C22H12Cl3NO5S/c23-14-3-1-2-13(20(14)25)16-5-4-12(31-16)7-19-21(27)26(22(28)32-19)9-11-6-17-18(8-15(11)24)30-10-29-17/h1-8H,9-10H2/b19-7+. The molecule has 0 radical (unpaired) electrons. The lowest BCUT2D eigenvalue weighted by atomic mass is 10.2. The molecule has 2 aromatic carbocycles. The second-order valence-corrected chi connectivity index (χ2v) is 9.05. The largest absolute Gasteiger partial charge is 0.457 e. The van der Waals surface area contributed by atoms with Crippen LogP contribution in [0.2, 0.25) is 15.1 Å². The van der Waals surface area contributed by atoms with Crippen molar-refractivity contribution in [1.29, 1.82) is 0 Å². The van der Waals surface area contributed by atoms with E-state index in [9.17, 15) is 9.59 Å². The number of imide groups is 1. The van der Waals surface area contributed by atoms with Gasteiger partial charge in [-0.05, 0) is 47.7 Å². The zero-order valence-electron chi connectivity index (χ0n) is 16.1. The van der Waals surface area contributed by atoms with E-state index in [1.54, 1.807) is 42.5 Å². The van der Waals surface area contributed by atoms with Crippen LogP contribution in [0.25, 0.3) is 17.4 Å². The number of hydrogen-bond acceptors (Lipinski definition) is 6. The van der Waals surface area contributed by atoms with Crippen molar-refractivity contribution in [3.8, 4) is 22.8 Å². The SMILES string of the molecule is O=C1S/C(=C/c2ccc(-c3cccc(Cl)c3Cl)o2)C(=O)N1Cc1cc2c(cc1Cl)OCO2. The van der Waals surface area contributed by atoms with E-state index >= 15 is 0 Å². The number of benzene rings is 2. The topological polar surface area (TPSA) is 69.0 Å². The van der Waals surface area contributed by atoms with Crippen LogP contribution in [0.1, 0.15) is 11.3 Å². The third-order valence-electron chi connectivity index (χ3n) is 4.86. The minimum atomic E-state index is -0.438. The summed E-state index contributed by atoms with van der Waals surface area (Å²) in [6, 6.07) is 11.9. The molecule has 1 saturated heterocycles. The van der Waals surface area contributed by atoms with Crippen molar-refractivity contribution >= 4 is 63.8 Å². The Morgan fingerprint density at radius 1 is 1.00 bits per heavy atom. The van der Waals surface area contributed by atoms with Crippen molar-refractivity contribution in [2.24, 2.45) is 0 Å². The van der Waals surface area contributed by atoms with E-state index in [4.69, 9.17) is 48.7 Å². The Morgan fingerprint density at radius 2 is 1.78 bits per heavy atom. The minimum absolute atomic E-state index is 0.0129. The Hall–Kier alpha value is -2.58. The summed E-state index contributed by atoms with van der Waals surface area (Å²) in [6.07, 6.45) is 1.52. The highest BCUT2D eigenvalue weighted by Crippen LogP contribution is 2.40. The van der Waals surface area contributed by atoms with Gasteiger partial charge in [0.2, 0.25) is 6.79 Å². The van der Waals surface area contributed by atoms with Gasteiger partial charge in [0.25, 0.3) is 11.1 Å². The highest BCUT2D eigenvalue weighted by atomic mass is 35.5. The number of fused-ring (bicyclic) bond motifs is 1. The molecule has 5 rings (SSSR count). The van der Waals surface area contributed by atoms with Crippen molar-refractivity contribution in [3.63, 3.8) is 0 Å². The number of ether oxygens (including phenoxy) is 2. The van der Waals surface area contributed by atoms with Gasteiger partial charge in [-0.1, -0.05) is 40.9 Å². The van der Waals surface area contributed by atoms with Crippen molar-refractivity contribution in [2.45, 2.75) is 6.54 Å². The normalized spacial score (nSPS) is 16.5. The molecule has 162 valence electrons. The quantitative estimate of drug-likeness (QED) is 0.358. The van der Waals surface area contributed by atoms with Gasteiger partial charge in [-0.15, -0.1) is 0 Å². The van der Waals surface area contributed by atoms with E-state index in [1.807, 2.05) is 0 Å². The molecule has 3 aromatic rings. The number of amides is 2. The highest BCUT2D eigenvalue weighted by Gasteiger charge is 2.36. The van der Waals surface area contributed by atoms with Gasteiger partial charge in [-0.3, -0.25) is 14.5 Å². The zero-order valence-corrected chi connectivity index (χ0v) is 19.1. The molecule has 10 heteroatoms. The predicted octanol–water partition coefficient (Wildman–Crippen LogP) is 6.87. The van der Waals surface area contributed by atoms with Crippen molar-refractivity contribution in [1.82, 2.24) is 4.90 Å². The fourth-order valence-corrected chi connectivity index (χ4v) is 4.71. The van der Waals surface area contributed by atoms with Crippen LogP contribution in [0.3, 0.4) is 0 Å². The lowest BCUT2D eigenvalue weighted by molar-refractivity contribution is -0.123. The van der Waals surface area contributed by atoms with Gasteiger partial charge in [-0.25, -0.2) is 0 Å². The summed E-state index contributed by atoms with van der Waals surface area (Å²) in [7, 11) is 0. The first-order valence-electron chi connectivity index (χ1n) is 9.28.